The molecular weight excluding hydrogens is 252 g/mol. The summed E-state index contributed by atoms with van der Waals surface area (Å²) >= 11 is 0. The number of rotatable bonds is 4. The smallest absolute Gasteiger partial charge is 0.249 e. The number of piperidine rings is 1. The number of nitrogens with two attached hydrogens (primary N) is 1. The minimum atomic E-state index is -0.370. The molecule has 1 fully saturated rings. The molecule has 0 spiro atoms. The first-order chi connectivity index (χ1) is 9.54. The number of primary amides is 1. The molecule has 0 unspecified atom stereocenters. The van der Waals surface area contributed by atoms with E-state index in [0.717, 1.165) is 37.2 Å². The van der Waals surface area contributed by atoms with Crippen LogP contribution in [0, 0.1) is 0 Å². The molecule has 1 amide bonds. The van der Waals surface area contributed by atoms with Crippen LogP contribution < -0.4 is 10.5 Å². The summed E-state index contributed by atoms with van der Waals surface area (Å²) in [5.74, 6) is 0.762. The van der Waals surface area contributed by atoms with Crippen molar-refractivity contribution in [3.05, 3.63) is 29.3 Å². The Kier molecular flexibility index (Phi) is 4.65. The lowest BCUT2D eigenvalue weighted by Crippen LogP contribution is -2.38. The number of methoxy groups -OCH3 is 1. The van der Waals surface area contributed by atoms with Crippen LogP contribution in [0.25, 0.3) is 0 Å². The fourth-order valence-corrected chi connectivity index (χ4v) is 3.06. The van der Waals surface area contributed by atoms with Crippen molar-refractivity contribution in [3.8, 4) is 5.75 Å². The predicted molar refractivity (Wildman–Crippen MR) is 80.2 cm³/mol. The minimum Gasteiger partial charge on any atom is -0.496 e. The first-order valence-corrected chi connectivity index (χ1v) is 7.25. The quantitative estimate of drug-likeness (QED) is 0.918. The van der Waals surface area contributed by atoms with Crippen molar-refractivity contribution in [2.45, 2.75) is 38.6 Å². The zero-order chi connectivity index (χ0) is 14.7. The Morgan fingerprint density at radius 1 is 1.35 bits per heavy atom. The molecule has 1 aromatic carbocycles. The molecule has 0 saturated carbocycles. The van der Waals surface area contributed by atoms with E-state index in [2.05, 4.69) is 18.7 Å². The Hall–Kier alpha value is -1.55. The second-order valence-corrected chi connectivity index (χ2v) is 5.69. The highest BCUT2D eigenvalue weighted by Crippen LogP contribution is 2.36. The highest BCUT2D eigenvalue weighted by atomic mass is 16.5. The van der Waals surface area contributed by atoms with Gasteiger partial charge in [-0.15, -0.1) is 0 Å². The van der Waals surface area contributed by atoms with Crippen LogP contribution in [-0.2, 0) is 0 Å². The molecule has 2 rings (SSSR count). The van der Waals surface area contributed by atoms with Crippen molar-refractivity contribution in [1.82, 2.24) is 4.90 Å². The number of amides is 1. The molecule has 0 atom stereocenters. The van der Waals surface area contributed by atoms with E-state index in [0.29, 0.717) is 17.5 Å². The van der Waals surface area contributed by atoms with Crippen molar-refractivity contribution in [2.24, 2.45) is 5.73 Å². The monoisotopic (exact) mass is 276 g/mol. The molecule has 1 saturated heterocycles. The maximum absolute atomic E-state index is 11.7. The number of carbonyl (C=O) groups excluding carboxylic acids is 1. The van der Waals surface area contributed by atoms with Crippen LogP contribution in [0.2, 0.25) is 0 Å². The van der Waals surface area contributed by atoms with Crippen molar-refractivity contribution >= 4 is 5.91 Å². The summed E-state index contributed by atoms with van der Waals surface area (Å²) in [7, 11) is 1.65. The summed E-state index contributed by atoms with van der Waals surface area (Å²) in [6.07, 6.45) is 2.08. The lowest BCUT2D eigenvalue weighted by Gasteiger charge is -2.35. The van der Waals surface area contributed by atoms with E-state index in [1.807, 2.05) is 12.1 Å². The summed E-state index contributed by atoms with van der Waals surface area (Å²) in [6.45, 7) is 6.55. The first kappa shape index (κ1) is 14.9. The van der Waals surface area contributed by atoms with Gasteiger partial charge in [0.15, 0.2) is 0 Å². The maximum atomic E-state index is 11.7. The Balaban J connectivity index is 2.26. The molecule has 1 heterocycles. The highest BCUT2D eigenvalue weighted by Gasteiger charge is 2.27. The van der Waals surface area contributed by atoms with Gasteiger partial charge in [-0.1, -0.05) is 6.07 Å². The van der Waals surface area contributed by atoms with Gasteiger partial charge in [0.1, 0.15) is 5.75 Å². The number of hydrogen-bond donors (Lipinski definition) is 1. The Bertz CT molecular complexity index is 477. The van der Waals surface area contributed by atoms with E-state index >= 15 is 0 Å². The standard InChI is InChI=1S/C16H24N2O2/c1-11(2)18-9-7-12(8-10-18)15-13(16(17)19)5-4-6-14(15)20-3/h4-6,11-12H,7-10H2,1-3H3,(H2,17,19). The lowest BCUT2D eigenvalue weighted by atomic mass is 9.85. The number of nitrogens with zero attached hydrogens (tertiary/aromatic N) is 1. The molecule has 0 bridgehead atoms. The van der Waals surface area contributed by atoms with Crippen LogP contribution >= 0.6 is 0 Å². The fourth-order valence-electron chi connectivity index (χ4n) is 3.06. The SMILES string of the molecule is COc1cccc(C(N)=O)c1C1CCN(C(C)C)CC1. The van der Waals surface area contributed by atoms with Gasteiger partial charge >= 0.3 is 0 Å². The van der Waals surface area contributed by atoms with Crippen molar-refractivity contribution in [2.75, 3.05) is 20.2 Å². The minimum absolute atomic E-state index is 0.351. The van der Waals surface area contributed by atoms with Crippen LogP contribution in [0.4, 0.5) is 0 Å². The molecule has 1 aliphatic heterocycles. The second kappa shape index (κ2) is 6.27. The van der Waals surface area contributed by atoms with Gasteiger partial charge < -0.3 is 15.4 Å². The van der Waals surface area contributed by atoms with Crippen LogP contribution in [0.15, 0.2) is 18.2 Å². The van der Waals surface area contributed by atoms with E-state index in [4.69, 9.17) is 10.5 Å². The number of hydrogen-bond acceptors (Lipinski definition) is 3. The van der Waals surface area contributed by atoms with Gasteiger partial charge in [0.2, 0.25) is 5.91 Å². The Labute approximate surface area is 120 Å². The summed E-state index contributed by atoms with van der Waals surface area (Å²) in [5.41, 5.74) is 7.11. The number of carbonyl (C=O) groups is 1. The first-order valence-electron chi connectivity index (χ1n) is 7.25. The molecule has 4 nitrogen and oxygen atoms in total. The number of ether oxygens (including phenoxy) is 1. The molecule has 0 aromatic heterocycles. The molecule has 0 radical (unpaired) electrons. The normalized spacial score (nSPS) is 17.4. The fraction of sp³-hybridized carbons (Fsp3) is 0.562. The summed E-state index contributed by atoms with van der Waals surface area (Å²) in [5, 5.41) is 0. The van der Waals surface area contributed by atoms with Crippen LogP contribution in [0.5, 0.6) is 5.75 Å². The third kappa shape index (κ3) is 2.96. The van der Waals surface area contributed by atoms with Crippen molar-refractivity contribution in [3.63, 3.8) is 0 Å². The summed E-state index contributed by atoms with van der Waals surface area (Å²) in [4.78, 5) is 14.1. The van der Waals surface area contributed by atoms with Gasteiger partial charge in [-0.25, -0.2) is 0 Å². The van der Waals surface area contributed by atoms with Crippen LogP contribution in [0.1, 0.15) is 48.5 Å². The zero-order valence-corrected chi connectivity index (χ0v) is 12.6. The number of benzene rings is 1. The Morgan fingerprint density at radius 3 is 2.50 bits per heavy atom. The zero-order valence-electron chi connectivity index (χ0n) is 12.6. The highest BCUT2D eigenvalue weighted by molar-refractivity contribution is 5.95. The van der Waals surface area contributed by atoms with Crippen molar-refractivity contribution < 1.29 is 9.53 Å². The van der Waals surface area contributed by atoms with E-state index < -0.39 is 0 Å². The lowest BCUT2D eigenvalue weighted by molar-refractivity contribution is 0.0997. The molecule has 0 aliphatic carbocycles. The summed E-state index contributed by atoms with van der Waals surface area (Å²) < 4.78 is 5.44. The molecule has 110 valence electrons. The van der Waals surface area contributed by atoms with E-state index in [-0.39, 0.29) is 5.91 Å². The molecule has 2 N–H and O–H groups in total. The molecule has 1 aliphatic rings. The van der Waals surface area contributed by atoms with Gasteiger partial charge in [-0.2, -0.15) is 0 Å². The third-order valence-electron chi connectivity index (χ3n) is 4.22. The third-order valence-corrected chi connectivity index (χ3v) is 4.22. The predicted octanol–water partition coefficient (Wildman–Crippen LogP) is 2.38. The number of likely N-dealkylation sites (tertiary alicyclic amines) is 1. The Morgan fingerprint density at radius 2 is 2.00 bits per heavy atom. The van der Waals surface area contributed by atoms with Gasteiger partial charge in [-0.3, -0.25) is 4.79 Å². The van der Waals surface area contributed by atoms with E-state index in [9.17, 15) is 4.79 Å². The molecule has 4 heteroatoms. The van der Waals surface area contributed by atoms with Crippen LogP contribution in [0.3, 0.4) is 0 Å². The van der Waals surface area contributed by atoms with Gasteiger partial charge in [0.05, 0.1) is 7.11 Å². The van der Waals surface area contributed by atoms with Crippen molar-refractivity contribution in [1.29, 1.82) is 0 Å². The van der Waals surface area contributed by atoms with Crippen LogP contribution in [-0.4, -0.2) is 37.0 Å². The molecular formula is C16H24N2O2. The molecule has 20 heavy (non-hydrogen) atoms. The van der Waals surface area contributed by atoms with E-state index in [1.54, 1.807) is 13.2 Å². The molecule has 1 aromatic rings. The maximum Gasteiger partial charge on any atom is 0.249 e. The topological polar surface area (TPSA) is 55.6 Å². The van der Waals surface area contributed by atoms with Gasteiger partial charge in [-0.05, 0) is 57.8 Å². The average molecular weight is 276 g/mol. The van der Waals surface area contributed by atoms with Gasteiger partial charge in [0.25, 0.3) is 0 Å². The average Bonchev–Trinajstić information content (AvgIpc) is 2.46. The van der Waals surface area contributed by atoms with Gasteiger partial charge in [0, 0.05) is 17.2 Å². The largest absolute Gasteiger partial charge is 0.496 e. The van der Waals surface area contributed by atoms with E-state index in [1.165, 1.54) is 0 Å². The second-order valence-electron chi connectivity index (χ2n) is 5.69. The summed E-state index contributed by atoms with van der Waals surface area (Å²) in [6, 6.07) is 6.11.